The van der Waals surface area contributed by atoms with Crippen LogP contribution in [-0.4, -0.2) is 65.1 Å². The van der Waals surface area contributed by atoms with Gasteiger partial charge in [0.15, 0.2) is 5.65 Å². The number of hydrogen-bond acceptors (Lipinski definition) is 7. The van der Waals surface area contributed by atoms with Crippen molar-refractivity contribution in [3.8, 4) is 11.1 Å². The third-order valence-electron chi connectivity index (χ3n) is 7.27. The second kappa shape index (κ2) is 10.1. The lowest BCUT2D eigenvalue weighted by molar-refractivity contribution is 0.0903. The molecule has 0 bridgehead atoms. The predicted octanol–water partition coefficient (Wildman–Crippen LogP) is 3.78. The maximum atomic E-state index is 12.6. The van der Waals surface area contributed by atoms with Crippen LogP contribution in [0.15, 0.2) is 30.5 Å². The molecular weight excluding hydrogens is 456 g/mol. The lowest BCUT2D eigenvalue weighted by Crippen LogP contribution is -2.28. The molecule has 6 rings (SSSR count). The summed E-state index contributed by atoms with van der Waals surface area (Å²) in [5.41, 5.74) is 4.36. The smallest absolute Gasteiger partial charge is 0.251 e. The predicted molar refractivity (Wildman–Crippen MR) is 139 cm³/mol. The van der Waals surface area contributed by atoms with E-state index in [4.69, 9.17) is 14.5 Å². The first-order chi connectivity index (χ1) is 17.6. The number of carbonyl (C=O) groups excluding carboxylic acids is 1. The molecule has 1 unspecified atom stereocenters. The van der Waals surface area contributed by atoms with Crippen LogP contribution in [0.3, 0.4) is 0 Å². The number of nitrogens with one attached hydrogen (secondary N) is 3. The number of nitrogens with zero attached hydrogens (tertiary/aromatic N) is 3. The molecule has 9 heteroatoms. The van der Waals surface area contributed by atoms with Gasteiger partial charge in [0.25, 0.3) is 5.91 Å². The maximum Gasteiger partial charge on any atom is 0.251 e. The van der Waals surface area contributed by atoms with Crippen molar-refractivity contribution in [2.75, 3.05) is 37.0 Å². The number of benzene rings is 1. The van der Waals surface area contributed by atoms with Crippen molar-refractivity contribution in [1.29, 1.82) is 0 Å². The number of ether oxygens (including phenoxy) is 2. The standard InChI is InChI=1S/C27H34N6O3/c1-17-13-18(4-7-22(17)27(34)31-19-5-6-19)23-16-29-33-25(28-15-21-3-2-10-36-21)14-24(32-26(23)33)30-20-8-11-35-12-9-20/h4,7,13-14,16,19-21,28H,2-3,5-6,8-12,15H2,1H3,(H,30,32)(H,31,34). The molecular formula is C27H34N6O3. The van der Waals surface area contributed by atoms with E-state index in [2.05, 4.69) is 27.1 Å². The summed E-state index contributed by atoms with van der Waals surface area (Å²) in [5, 5.41) is 14.9. The summed E-state index contributed by atoms with van der Waals surface area (Å²) in [6.07, 6.45) is 8.31. The lowest BCUT2D eigenvalue weighted by Gasteiger charge is -2.24. The molecule has 3 fully saturated rings. The minimum Gasteiger partial charge on any atom is -0.381 e. The maximum absolute atomic E-state index is 12.6. The third-order valence-corrected chi connectivity index (χ3v) is 7.27. The molecule has 0 radical (unpaired) electrons. The van der Waals surface area contributed by atoms with Gasteiger partial charge >= 0.3 is 0 Å². The van der Waals surface area contributed by atoms with Crippen molar-refractivity contribution in [1.82, 2.24) is 19.9 Å². The Balaban J connectivity index is 1.32. The Morgan fingerprint density at radius 1 is 1.08 bits per heavy atom. The Kier molecular flexibility index (Phi) is 6.50. The summed E-state index contributed by atoms with van der Waals surface area (Å²) in [6, 6.07) is 8.65. The van der Waals surface area contributed by atoms with Gasteiger partial charge in [-0.2, -0.15) is 9.61 Å². The van der Waals surface area contributed by atoms with Gasteiger partial charge in [0.1, 0.15) is 11.6 Å². The Morgan fingerprint density at radius 2 is 1.94 bits per heavy atom. The Bertz CT molecular complexity index is 1240. The van der Waals surface area contributed by atoms with E-state index >= 15 is 0 Å². The molecule has 9 nitrogen and oxygen atoms in total. The van der Waals surface area contributed by atoms with Crippen LogP contribution >= 0.6 is 0 Å². The van der Waals surface area contributed by atoms with E-state index in [0.717, 1.165) is 104 Å². The summed E-state index contributed by atoms with van der Waals surface area (Å²) in [5.74, 6) is 1.71. The fourth-order valence-corrected chi connectivity index (χ4v) is 5.02. The lowest BCUT2D eigenvalue weighted by atomic mass is 10.0. The molecule has 0 spiro atoms. The van der Waals surface area contributed by atoms with Crippen LogP contribution in [0, 0.1) is 6.92 Å². The number of rotatable bonds is 8. The number of hydrogen-bond donors (Lipinski definition) is 3. The highest BCUT2D eigenvalue weighted by Crippen LogP contribution is 2.30. The molecule has 1 aliphatic carbocycles. The number of anilines is 2. The number of aromatic nitrogens is 3. The SMILES string of the molecule is Cc1cc(-c2cnn3c(NCC4CCCO4)cc(NC4CCOCC4)nc23)ccc1C(=O)NC1CC1. The minimum absolute atomic E-state index is 0.00287. The number of amides is 1. The van der Waals surface area contributed by atoms with Crippen molar-refractivity contribution in [2.45, 2.75) is 63.6 Å². The molecule has 2 aliphatic heterocycles. The van der Waals surface area contributed by atoms with Gasteiger partial charge in [0.05, 0.1) is 12.3 Å². The first-order valence-electron chi connectivity index (χ1n) is 13.1. The van der Waals surface area contributed by atoms with E-state index in [-0.39, 0.29) is 12.0 Å². The summed E-state index contributed by atoms with van der Waals surface area (Å²) >= 11 is 0. The molecule has 190 valence electrons. The normalized spacial score (nSPS) is 20.5. The van der Waals surface area contributed by atoms with Crippen molar-refractivity contribution >= 4 is 23.2 Å². The highest BCUT2D eigenvalue weighted by atomic mass is 16.5. The van der Waals surface area contributed by atoms with Crippen molar-refractivity contribution < 1.29 is 14.3 Å². The van der Waals surface area contributed by atoms with E-state index in [0.29, 0.717) is 12.1 Å². The largest absolute Gasteiger partial charge is 0.381 e. The van der Waals surface area contributed by atoms with Gasteiger partial charge < -0.3 is 25.4 Å². The Labute approximate surface area is 211 Å². The molecule has 1 saturated carbocycles. The average molecular weight is 491 g/mol. The Hall–Kier alpha value is -3.17. The van der Waals surface area contributed by atoms with Gasteiger partial charge in [-0.05, 0) is 62.6 Å². The zero-order chi connectivity index (χ0) is 24.5. The summed E-state index contributed by atoms with van der Waals surface area (Å²) < 4.78 is 13.2. The monoisotopic (exact) mass is 490 g/mol. The topological polar surface area (TPSA) is 102 Å². The molecule has 36 heavy (non-hydrogen) atoms. The number of carbonyl (C=O) groups is 1. The van der Waals surface area contributed by atoms with Gasteiger partial charge in [-0.15, -0.1) is 0 Å². The molecule has 1 atom stereocenters. The van der Waals surface area contributed by atoms with E-state index in [1.807, 2.05) is 35.8 Å². The van der Waals surface area contributed by atoms with Crippen molar-refractivity contribution in [3.63, 3.8) is 0 Å². The number of fused-ring (bicyclic) bond motifs is 1. The molecule has 3 aliphatic rings. The first-order valence-corrected chi connectivity index (χ1v) is 13.1. The van der Waals surface area contributed by atoms with Gasteiger partial charge in [0, 0.05) is 55.6 Å². The van der Waals surface area contributed by atoms with Gasteiger partial charge in [-0.1, -0.05) is 12.1 Å². The van der Waals surface area contributed by atoms with Crippen LogP contribution in [0.2, 0.25) is 0 Å². The second-order valence-electron chi connectivity index (χ2n) is 10.1. The highest BCUT2D eigenvalue weighted by molar-refractivity contribution is 5.97. The van der Waals surface area contributed by atoms with Crippen LogP contribution in [0.5, 0.6) is 0 Å². The van der Waals surface area contributed by atoms with Crippen LogP contribution in [-0.2, 0) is 9.47 Å². The van der Waals surface area contributed by atoms with Gasteiger partial charge in [-0.25, -0.2) is 4.98 Å². The molecule has 2 saturated heterocycles. The fraction of sp³-hybridized carbons (Fsp3) is 0.519. The zero-order valence-corrected chi connectivity index (χ0v) is 20.8. The van der Waals surface area contributed by atoms with Crippen LogP contribution in [0.25, 0.3) is 16.8 Å². The van der Waals surface area contributed by atoms with Crippen LogP contribution in [0.4, 0.5) is 11.6 Å². The van der Waals surface area contributed by atoms with Crippen LogP contribution < -0.4 is 16.0 Å². The summed E-state index contributed by atoms with van der Waals surface area (Å²) in [4.78, 5) is 17.6. The van der Waals surface area contributed by atoms with Crippen molar-refractivity contribution in [2.24, 2.45) is 0 Å². The average Bonchev–Trinajstić information content (AvgIpc) is 3.36. The third kappa shape index (κ3) is 5.03. The molecule has 3 aromatic rings. The second-order valence-corrected chi connectivity index (χ2v) is 10.1. The summed E-state index contributed by atoms with van der Waals surface area (Å²) in [7, 11) is 0. The van der Waals surface area contributed by atoms with E-state index < -0.39 is 0 Å². The van der Waals surface area contributed by atoms with Crippen molar-refractivity contribution in [3.05, 3.63) is 41.6 Å². The number of aryl methyl sites for hydroxylation is 1. The fourth-order valence-electron chi connectivity index (χ4n) is 5.02. The minimum atomic E-state index is 0.00287. The Morgan fingerprint density at radius 3 is 2.69 bits per heavy atom. The molecule has 4 heterocycles. The molecule has 3 N–H and O–H groups in total. The first kappa shape index (κ1) is 23.2. The van der Waals surface area contributed by atoms with Gasteiger partial charge in [-0.3, -0.25) is 4.79 Å². The van der Waals surface area contributed by atoms with E-state index in [9.17, 15) is 4.79 Å². The molecule has 2 aromatic heterocycles. The van der Waals surface area contributed by atoms with E-state index in [1.54, 1.807) is 0 Å². The molecule has 1 aromatic carbocycles. The van der Waals surface area contributed by atoms with Gasteiger partial charge in [0.2, 0.25) is 0 Å². The van der Waals surface area contributed by atoms with E-state index in [1.165, 1.54) is 0 Å². The van der Waals surface area contributed by atoms with Crippen LogP contribution in [0.1, 0.15) is 54.4 Å². The zero-order valence-electron chi connectivity index (χ0n) is 20.8. The highest BCUT2D eigenvalue weighted by Gasteiger charge is 2.25. The molecule has 1 amide bonds. The quantitative estimate of drug-likeness (QED) is 0.442. The summed E-state index contributed by atoms with van der Waals surface area (Å²) in [6.45, 7) is 5.07.